The lowest BCUT2D eigenvalue weighted by Gasteiger charge is -2.03. The summed E-state index contributed by atoms with van der Waals surface area (Å²) in [5.74, 6) is 1.18. The first-order chi connectivity index (χ1) is 6.67. The van der Waals surface area contributed by atoms with Crippen LogP contribution in [-0.2, 0) is 6.42 Å². The van der Waals surface area contributed by atoms with E-state index < -0.39 is 0 Å². The second-order valence-corrected chi connectivity index (χ2v) is 3.10. The molecule has 0 amide bonds. The molecule has 4 nitrogen and oxygen atoms in total. The minimum absolute atomic E-state index is 0.387. The lowest BCUT2D eigenvalue weighted by molar-refractivity contribution is 0.494. The summed E-state index contributed by atoms with van der Waals surface area (Å²) < 4.78 is 5.36. The molecule has 0 aliphatic heterocycles. The molecule has 0 aliphatic carbocycles. The highest BCUT2D eigenvalue weighted by atomic mass is 16.4. The summed E-state index contributed by atoms with van der Waals surface area (Å²) in [6.45, 7) is 1.98. The average Bonchev–Trinajstić information content (AvgIpc) is 2.62. The summed E-state index contributed by atoms with van der Waals surface area (Å²) in [4.78, 5) is 5.81. The van der Waals surface area contributed by atoms with E-state index in [1.165, 1.54) is 0 Å². The minimum atomic E-state index is 0.387. The molecule has 0 aliphatic rings. The molecule has 0 aromatic carbocycles. The standard InChI is InChI=1S/C10H13N3O/c1-4-9-6-12-10(14-9)8(5-11)7-13(2)3/h6-7H,4H2,1-3H3. The Morgan fingerprint density at radius 2 is 2.43 bits per heavy atom. The first-order valence-corrected chi connectivity index (χ1v) is 4.40. The van der Waals surface area contributed by atoms with Crippen molar-refractivity contribution >= 4 is 5.57 Å². The molecular weight excluding hydrogens is 178 g/mol. The third kappa shape index (κ3) is 2.36. The number of hydrogen-bond donors (Lipinski definition) is 0. The number of allylic oxidation sites excluding steroid dienone is 1. The molecule has 0 N–H and O–H groups in total. The number of hydrogen-bond acceptors (Lipinski definition) is 4. The summed E-state index contributed by atoms with van der Waals surface area (Å²) in [5.41, 5.74) is 0.440. The van der Waals surface area contributed by atoms with E-state index in [1.54, 1.807) is 17.3 Å². The van der Waals surface area contributed by atoms with Crippen LogP contribution in [0.5, 0.6) is 0 Å². The highest BCUT2D eigenvalue weighted by molar-refractivity contribution is 5.71. The molecule has 0 spiro atoms. The van der Waals surface area contributed by atoms with Crippen LogP contribution in [0.4, 0.5) is 0 Å². The molecule has 0 unspecified atom stereocenters. The molecule has 1 aromatic heterocycles. The first kappa shape index (κ1) is 10.3. The van der Waals surface area contributed by atoms with Crippen LogP contribution in [0.15, 0.2) is 16.8 Å². The molecule has 0 saturated carbocycles. The zero-order valence-electron chi connectivity index (χ0n) is 8.61. The summed E-state index contributed by atoms with van der Waals surface area (Å²) in [7, 11) is 3.70. The maximum atomic E-state index is 8.87. The Kier molecular flexibility index (Phi) is 3.29. The van der Waals surface area contributed by atoms with Gasteiger partial charge in [-0.25, -0.2) is 4.98 Å². The van der Waals surface area contributed by atoms with Crippen molar-refractivity contribution in [3.05, 3.63) is 24.0 Å². The molecular formula is C10H13N3O. The summed E-state index contributed by atoms with van der Waals surface area (Å²) in [5, 5.41) is 8.87. The Bertz CT molecular complexity index is 371. The van der Waals surface area contributed by atoms with Gasteiger partial charge in [-0.3, -0.25) is 0 Å². The van der Waals surface area contributed by atoms with Gasteiger partial charge in [0.15, 0.2) is 0 Å². The smallest absolute Gasteiger partial charge is 0.238 e. The fourth-order valence-corrected chi connectivity index (χ4v) is 0.986. The van der Waals surface area contributed by atoms with Crippen molar-refractivity contribution in [3.63, 3.8) is 0 Å². The van der Waals surface area contributed by atoms with Crippen molar-refractivity contribution < 1.29 is 4.42 Å². The molecule has 0 saturated heterocycles. The largest absolute Gasteiger partial charge is 0.440 e. The Morgan fingerprint density at radius 3 is 2.86 bits per heavy atom. The van der Waals surface area contributed by atoms with Gasteiger partial charge in [-0.05, 0) is 0 Å². The van der Waals surface area contributed by atoms with Crippen LogP contribution >= 0.6 is 0 Å². The summed E-state index contributed by atoms with van der Waals surface area (Å²) >= 11 is 0. The van der Waals surface area contributed by atoms with Crippen molar-refractivity contribution in [1.29, 1.82) is 5.26 Å². The molecule has 0 bridgehead atoms. The molecule has 0 fully saturated rings. The van der Waals surface area contributed by atoms with E-state index in [0.29, 0.717) is 11.5 Å². The zero-order valence-corrected chi connectivity index (χ0v) is 8.61. The van der Waals surface area contributed by atoms with Gasteiger partial charge in [0.25, 0.3) is 0 Å². The van der Waals surface area contributed by atoms with Crippen LogP contribution in [0.3, 0.4) is 0 Å². The molecule has 74 valence electrons. The van der Waals surface area contributed by atoms with E-state index in [4.69, 9.17) is 9.68 Å². The predicted molar refractivity (Wildman–Crippen MR) is 53.2 cm³/mol. The summed E-state index contributed by atoms with van der Waals surface area (Å²) in [6, 6.07) is 2.05. The minimum Gasteiger partial charge on any atom is -0.440 e. The van der Waals surface area contributed by atoms with Crippen molar-refractivity contribution in [2.75, 3.05) is 14.1 Å². The van der Waals surface area contributed by atoms with Gasteiger partial charge in [0.1, 0.15) is 17.4 Å². The van der Waals surface area contributed by atoms with Crippen LogP contribution in [0.1, 0.15) is 18.6 Å². The van der Waals surface area contributed by atoms with E-state index in [9.17, 15) is 0 Å². The highest BCUT2D eigenvalue weighted by Gasteiger charge is 2.08. The SMILES string of the molecule is CCc1cnc(C(C#N)=CN(C)C)o1. The van der Waals surface area contributed by atoms with Gasteiger partial charge < -0.3 is 9.32 Å². The van der Waals surface area contributed by atoms with E-state index in [2.05, 4.69) is 11.1 Å². The van der Waals surface area contributed by atoms with Crippen molar-refractivity contribution in [2.45, 2.75) is 13.3 Å². The van der Waals surface area contributed by atoms with Gasteiger partial charge in [-0.1, -0.05) is 6.92 Å². The molecule has 14 heavy (non-hydrogen) atoms. The monoisotopic (exact) mass is 191 g/mol. The second kappa shape index (κ2) is 4.47. The van der Waals surface area contributed by atoms with Crippen LogP contribution in [0, 0.1) is 11.3 Å². The van der Waals surface area contributed by atoms with Gasteiger partial charge >= 0.3 is 0 Å². The number of rotatable bonds is 3. The topological polar surface area (TPSA) is 53.1 Å². The van der Waals surface area contributed by atoms with Gasteiger partial charge in [-0.2, -0.15) is 5.26 Å². The fraction of sp³-hybridized carbons (Fsp3) is 0.400. The van der Waals surface area contributed by atoms with E-state index in [0.717, 1.165) is 12.2 Å². The molecule has 0 atom stereocenters. The predicted octanol–water partition coefficient (Wildman–Crippen LogP) is 1.66. The lowest BCUT2D eigenvalue weighted by atomic mass is 10.3. The quantitative estimate of drug-likeness (QED) is 0.682. The summed E-state index contributed by atoms with van der Waals surface area (Å²) in [6.07, 6.45) is 4.12. The van der Waals surface area contributed by atoms with E-state index in [1.807, 2.05) is 21.0 Å². The van der Waals surface area contributed by atoms with Gasteiger partial charge in [0.2, 0.25) is 5.89 Å². The fourth-order valence-electron chi connectivity index (χ4n) is 0.986. The highest BCUT2D eigenvalue weighted by Crippen LogP contribution is 2.14. The van der Waals surface area contributed by atoms with Gasteiger partial charge in [0, 0.05) is 26.7 Å². The zero-order chi connectivity index (χ0) is 10.6. The van der Waals surface area contributed by atoms with E-state index >= 15 is 0 Å². The molecule has 1 rings (SSSR count). The Hall–Kier alpha value is -1.76. The number of aromatic nitrogens is 1. The third-order valence-corrected chi connectivity index (χ3v) is 1.64. The number of oxazole rings is 1. The molecule has 0 radical (unpaired) electrons. The maximum absolute atomic E-state index is 8.87. The molecule has 1 heterocycles. The average molecular weight is 191 g/mol. The number of nitriles is 1. The number of aryl methyl sites for hydroxylation is 1. The van der Waals surface area contributed by atoms with Crippen LogP contribution in [0.2, 0.25) is 0 Å². The van der Waals surface area contributed by atoms with Crippen LogP contribution in [-0.4, -0.2) is 24.0 Å². The third-order valence-electron chi connectivity index (χ3n) is 1.64. The molecule has 1 aromatic rings. The van der Waals surface area contributed by atoms with Crippen molar-refractivity contribution in [2.24, 2.45) is 0 Å². The Balaban J connectivity index is 2.97. The van der Waals surface area contributed by atoms with E-state index in [-0.39, 0.29) is 0 Å². The van der Waals surface area contributed by atoms with Gasteiger partial charge in [-0.15, -0.1) is 0 Å². The van der Waals surface area contributed by atoms with Crippen LogP contribution < -0.4 is 0 Å². The van der Waals surface area contributed by atoms with Crippen molar-refractivity contribution in [3.8, 4) is 6.07 Å². The number of nitrogens with zero attached hydrogens (tertiary/aromatic N) is 3. The lowest BCUT2D eigenvalue weighted by Crippen LogP contribution is -2.02. The first-order valence-electron chi connectivity index (χ1n) is 4.40. The van der Waals surface area contributed by atoms with Crippen molar-refractivity contribution in [1.82, 2.24) is 9.88 Å². The molecule has 4 heteroatoms. The van der Waals surface area contributed by atoms with Gasteiger partial charge in [0.05, 0.1) is 6.20 Å². The van der Waals surface area contributed by atoms with Crippen LogP contribution in [0.25, 0.3) is 5.57 Å². The Labute approximate surface area is 83.5 Å². The maximum Gasteiger partial charge on any atom is 0.238 e. The second-order valence-electron chi connectivity index (χ2n) is 3.10. The Morgan fingerprint density at radius 1 is 1.71 bits per heavy atom. The normalized spacial score (nSPS) is 11.1.